The molecule has 0 fully saturated rings. The van der Waals surface area contributed by atoms with Gasteiger partial charge in [0.05, 0.1) is 13.1 Å². The molecule has 2 heterocycles. The second-order valence-electron chi connectivity index (χ2n) is 6.06. The molecule has 1 aliphatic heterocycles. The summed E-state index contributed by atoms with van der Waals surface area (Å²) in [6.45, 7) is 3.29. The first-order valence-electron chi connectivity index (χ1n) is 7.58. The van der Waals surface area contributed by atoms with Gasteiger partial charge in [-0.1, -0.05) is 18.2 Å². The predicted octanol–water partition coefficient (Wildman–Crippen LogP) is 1.12. The van der Waals surface area contributed by atoms with Gasteiger partial charge in [0.1, 0.15) is 17.7 Å². The summed E-state index contributed by atoms with van der Waals surface area (Å²) in [6.07, 6.45) is 0. The smallest absolute Gasteiger partial charge is 0.322 e. The van der Waals surface area contributed by atoms with Crippen molar-refractivity contribution in [1.82, 2.24) is 19.7 Å². The molecule has 0 saturated heterocycles. The standard InChI is InChI=1S/C16H21N5O2/c1-11-17-18-15-10-20(14(16(22)23)9-21(11)15)8-12-6-4-5-7-13(12)19(2)3/h4-7,14H,8-10H2,1-3H3,(H,22,23). The predicted molar refractivity (Wildman–Crippen MR) is 86.2 cm³/mol. The minimum absolute atomic E-state index is 0.383. The lowest BCUT2D eigenvalue weighted by atomic mass is 10.1. The molecule has 23 heavy (non-hydrogen) atoms. The summed E-state index contributed by atoms with van der Waals surface area (Å²) in [5.41, 5.74) is 2.20. The maximum atomic E-state index is 11.7. The van der Waals surface area contributed by atoms with Crippen molar-refractivity contribution >= 4 is 11.7 Å². The Bertz CT molecular complexity index is 725. The van der Waals surface area contributed by atoms with Crippen LogP contribution >= 0.6 is 0 Å². The summed E-state index contributed by atoms with van der Waals surface area (Å²) >= 11 is 0. The number of anilines is 1. The zero-order valence-electron chi connectivity index (χ0n) is 13.6. The summed E-state index contributed by atoms with van der Waals surface area (Å²) < 4.78 is 1.90. The molecule has 1 aromatic carbocycles. The average molecular weight is 315 g/mol. The van der Waals surface area contributed by atoms with Crippen LogP contribution in [0.25, 0.3) is 0 Å². The average Bonchev–Trinajstić information content (AvgIpc) is 2.87. The van der Waals surface area contributed by atoms with Crippen molar-refractivity contribution < 1.29 is 9.90 Å². The second kappa shape index (κ2) is 6.00. The first kappa shape index (κ1) is 15.5. The largest absolute Gasteiger partial charge is 0.480 e. The molecule has 7 heteroatoms. The number of carboxylic acids is 1. The molecule has 1 atom stereocenters. The molecule has 0 amide bonds. The van der Waals surface area contributed by atoms with E-state index in [9.17, 15) is 9.90 Å². The maximum absolute atomic E-state index is 11.7. The zero-order valence-corrected chi connectivity index (χ0v) is 13.6. The third-order valence-corrected chi connectivity index (χ3v) is 4.29. The minimum atomic E-state index is -0.814. The summed E-state index contributed by atoms with van der Waals surface area (Å²) in [5, 5.41) is 17.8. The minimum Gasteiger partial charge on any atom is -0.480 e. The van der Waals surface area contributed by atoms with E-state index in [1.165, 1.54) is 0 Å². The quantitative estimate of drug-likeness (QED) is 0.911. The highest BCUT2D eigenvalue weighted by Gasteiger charge is 2.33. The number of aromatic nitrogens is 3. The van der Waals surface area contributed by atoms with Gasteiger partial charge in [-0.25, -0.2) is 0 Å². The van der Waals surface area contributed by atoms with Crippen molar-refractivity contribution in [3.8, 4) is 0 Å². The number of aryl methyl sites for hydroxylation is 1. The number of rotatable bonds is 4. The van der Waals surface area contributed by atoms with E-state index in [0.29, 0.717) is 19.6 Å². The molecular formula is C16H21N5O2. The topological polar surface area (TPSA) is 74.5 Å². The van der Waals surface area contributed by atoms with Crippen LogP contribution in [0, 0.1) is 6.92 Å². The van der Waals surface area contributed by atoms with Gasteiger partial charge in [-0.3, -0.25) is 9.69 Å². The monoisotopic (exact) mass is 315 g/mol. The van der Waals surface area contributed by atoms with Gasteiger partial charge >= 0.3 is 5.97 Å². The fourth-order valence-electron chi connectivity index (χ4n) is 3.06. The van der Waals surface area contributed by atoms with E-state index in [1.807, 2.05) is 59.7 Å². The highest BCUT2D eigenvalue weighted by Crippen LogP contribution is 2.25. The van der Waals surface area contributed by atoms with E-state index >= 15 is 0 Å². The SMILES string of the molecule is Cc1nnc2n1CC(C(=O)O)N(Cc1ccccc1N(C)C)C2. The normalized spacial score (nSPS) is 17.8. The van der Waals surface area contributed by atoms with Gasteiger partial charge in [-0.15, -0.1) is 10.2 Å². The Morgan fingerprint density at radius 3 is 2.78 bits per heavy atom. The number of hydrogen-bond donors (Lipinski definition) is 1. The van der Waals surface area contributed by atoms with E-state index in [0.717, 1.165) is 22.9 Å². The van der Waals surface area contributed by atoms with Crippen molar-refractivity contribution in [2.24, 2.45) is 0 Å². The van der Waals surface area contributed by atoms with Gasteiger partial charge in [0.25, 0.3) is 0 Å². The van der Waals surface area contributed by atoms with Crippen LogP contribution in [0.3, 0.4) is 0 Å². The number of carbonyl (C=O) groups is 1. The number of benzene rings is 1. The molecule has 0 bridgehead atoms. The van der Waals surface area contributed by atoms with Crippen LogP contribution in [-0.2, 0) is 24.4 Å². The van der Waals surface area contributed by atoms with Crippen molar-refractivity contribution in [1.29, 1.82) is 0 Å². The van der Waals surface area contributed by atoms with Crippen LogP contribution in [0.4, 0.5) is 5.69 Å². The Balaban J connectivity index is 1.91. The number of aliphatic carboxylic acids is 1. The maximum Gasteiger partial charge on any atom is 0.322 e. The molecule has 0 spiro atoms. The lowest BCUT2D eigenvalue weighted by Crippen LogP contribution is -2.47. The van der Waals surface area contributed by atoms with Crippen molar-refractivity contribution in [2.75, 3.05) is 19.0 Å². The molecule has 7 nitrogen and oxygen atoms in total. The van der Waals surface area contributed by atoms with Gasteiger partial charge in [0.15, 0.2) is 0 Å². The van der Waals surface area contributed by atoms with Crippen LogP contribution < -0.4 is 4.90 Å². The fraction of sp³-hybridized carbons (Fsp3) is 0.438. The van der Waals surface area contributed by atoms with Crippen molar-refractivity contribution in [2.45, 2.75) is 32.6 Å². The first-order valence-corrected chi connectivity index (χ1v) is 7.58. The van der Waals surface area contributed by atoms with Crippen LogP contribution in [-0.4, -0.2) is 50.9 Å². The molecular weight excluding hydrogens is 294 g/mol. The molecule has 122 valence electrons. The summed E-state index contributed by atoms with van der Waals surface area (Å²) in [4.78, 5) is 15.7. The van der Waals surface area contributed by atoms with Gasteiger partial charge < -0.3 is 14.6 Å². The molecule has 0 aliphatic carbocycles. The Kier molecular flexibility index (Phi) is 4.04. The lowest BCUT2D eigenvalue weighted by molar-refractivity contribution is -0.145. The zero-order chi connectivity index (χ0) is 16.6. The highest BCUT2D eigenvalue weighted by atomic mass is 16.4. The molecule has 1 aromatic heterocycles. The molecule has 3 rings (SSSR count). The Morgan fingerprint density at radius 2 is 2.09 bits per heavy atom. The molecule has 1 N–H and O–H groups in total. The summed E-state index contributed by atoms with van der Waals surface area (Å²) in [7, 11) is 3.98. The summed E-state index contributed by atoms with van der Waals surface area (Å²) in [6, 6.07) is 7.48. The Hall–Kier alpha value is -2.41. The van der Waals surface area contributed by atoms with E-state index in [-0.39, 0.29) is 0 Å². The number of hydrogen-bond acceptors (Lipinski definition) is 5. The van der Waals surface area contributed by atoms with Crippen LogP contribution in [0.15, 0.2) is 24.3 Å². The number of nitrogens with zero attached hydrogens (tertiary/aromatic N) is 5. The lowest BCUT2D eigenvalue weighted by Gasteiger charge is -2.34. The van der Waals surface area contributed by atoms with Crippen LogP contribution in [0.5, 0.6) is 0 Å². The highest BCUT2D eigenvalue weighted by molar-refractivity contribution is 5.73. The van der Waals surface area contributed by atoms with E-state index in [2.05, 4.69) is 10.2 Å². The Morgan fingerprint density at radius 1 is 1.35 bits per heavy atom. The number of fused-ring (bicyclic) bond motifs is 1. The molecule has 1 aliphatic rings. The third-order valence-electron chi connectivity index (χ3n) is 4.29. The van der Waals surface area contributed by atoms with Crippen LogP contribution in [0.2, 0.25) is 0 Å². The van der Waals surface area contributed by atoms with Crippen molar-refractivity contribution in [3.05, 3.63) is 41.5 Å². The Labute approximate surface area is 135 Å². The van der Waals surface area contributed by atoms with Crippen LogP contribution in [0.1, 0.15) is 17.2 Å². The van der Waals surface area contributed by atoms with E-state index in [4.69, 9.17) is 0 Å². The summed E-state index contributed by atoms with van der Waals surface area (Å²) in [5.74, 6) is 0.771. The van der Waals surface area contributed by atoms with Crippen molar-refractivity contribution in [3.63, 3.8) is 0 Å². The fourth-order valence-corrected chi connectivity index (χ4v) is 3.06. The first-order chi connectivity index (χ1) is 11.0. The molecule has 1 unspecified atom stereocenters. The number of carboxylic acid groups (broad SMARTS) is 1. The second-order valence-corrected chi connectivity index (χ2v) is 6.06. The third kappa shape index (κ3) is 2.92. The van der Waals surface area contributed by atoms with Gasteiger partial charge in [-0.2, -0.15) is 0 Å². The number of para-hydroxylation sites is 1. The van der Waals surface area contributed by atoms with Gasteiger partial charge in [-0.05, 0) is 18.6 Å². The van der Waals surface area contributed by atoms with E-state index < -0.39 is 12.0 Å². The van der Waals surface area contributed by atoms with E-state index in [1.54, 1.807) is 0 Å². The van der Waals surface area contributed by atoms with Gasteiger partial charge in [0, 0.05) is 26.3 Å². The molecule has 0 saturated carbocycles. The molecule has 0 radical (unpaired) electrons. The van der Waals surface area contributed by atoms with Gasteiger partial charge in [0.2, 0.25) is 0 Å². The molecule has 2 aromatic rings.